The second-order valence-corrected chi connectivity index (χ2v) is 9.84. The van der Waals surface area contributed by atoms with Gasteiger partial charge in [-0.3, -0.25) is 9.69 Å². The van der Waals surface area contributed by atoms with Gasteiger partial charge in [0.15, 0.2) is 0 Å². The molecular weight excluding hydrogens is 488 g/mol. The first-order valence-corrected chi connectivity index (χ1v) is 12.5. The zero-order valence-electron chi connectivity index (χ0n) is 20.0. The highest BCUT2D eigenvalue weighted by Gasteiger charge is 2.46. The molecule has 2 fully saturated rings. The summed E-state index contributed by atoms with van der Waals surface area (Å²) in [5.41, 5.74) is 7.89. The summed E-state index contributed by atoms with van der Waals surface area (Å²) in [4.78, 5) is 13.5. The van der Waals surface area contributed by atoms with Gasteiger partial charge in [0.05, 0.1) is 24.9 Å². The van der Waals surface area contributed by atoms with Crippen LogP contribution in [0.25, 0.3) is 0 Å². The molecule has 0 bridgehead atoms. The monoisotopic (exact) mass is 520 g/mol. The Balaban J connectivity index is 1.53. The van der Waals surface area contributed by atoms with E-state index in [2.05, 4.69) is 0 Å². The Hall–Kier alpha value is -2.24. The first-order chi connectivity index (χ1) is 17.2. The molecule has 4 rings (SSSR count). The highest BCUT2D eigenvalue weighted by molar-refractivity contribution is 6.31. The van der Waals surface area contributed by atoms with Crippen molar-refractivity contribution in [3.63, 3.8) is 0 Å². The number of nitrogens with zero attached hydrogens (tertiary/aromatic N) is 1. The summed E-state index contributed by atoms with van der Waals surface area (Å²) in [5, 5.41) is 42.5. The molecule has 2 aromatic carbocycles. The summed E-state index contributed by atoms with van der Waals surface area (Å²) >= 11 is 6.46. The van der Waals surface area contributed by atoms with Crippen LogP contribution in [-0.4, -0.2) is 87.5 Å². The second-order valence-electron chi connectivity index (χ2n) is 9.43. The minimum atomic E-state index is -1.47. The number of amides is 1. The summed E-state index contributed by atoms with van der Waals surface area (Å²) in [5.74, 6) is 0.202. The molecule has 36 heavy (non-hydrogen) atoms. The third kappa shape index (κ3) is 5.84. The molecule has 0 unspecified atom stereocenters. The van der Waals surface area contributed by atoms with Crippen molar-refractivity contribution in [1.29, 1.82) is 0 Å². The number of carbonyl (C=O) groups excluding carboxylic acids is 1. The van der Waals surface area contributed by atoms with Gasteiger partial charge >= 0.3 is 0 Å². The maximum absolute atomic E-state index is 11.8. The quantitative estimate of drug-likeness (QED) is 0.343. The fourth-order valence-corrected chi connectivity index (χ4v) is 5.17. The normalized spacial score (nSPS) is 30.9. The number of primary amides is 1. The van der Waals surface area contributed by atoms with Crippen molar-refractivity contribution in [2.24, 2.45) is 5.73 Å². The molecule has 1 amide bonds. The number of aliphatic hydroxyl groups is 4. The highest BCUT2D eigenvalue weighted by atomic mass is 35.5. The molecule has 2 saturated heterocycles. The standard InChI is InChI=1S/C26H33ClN2O7/c1-2-35-18-6-3-14(4-7-18)9-16-10-15(5-8-19(16)27)25-24(33)23(32)22(31)21(36-25)13-29-12-17(30)11-20(29)26(28)34/h3-8,10,17,20-25,30-33H,2,9,11-13H2,1H3,(H2,28,34)/t17-,20+,21-,22-,23+,24-,25+/m1/s1. The van der Waals surface area contributed by atoms with E-state index in [1.807, 2.05) is 37.3 Å². The van der Waals surface area contributed by atoms with Crippen LogP contribution in [0.5, 0.6) is 5.75 Å². The molecule has 7 atom stereocenters. The number of benzene rings is 2. The largest absolute Gasteiger partial charge is 0.494 e. The zero-order chi connectivity index (χ0) is 26.0. The molecular formula is C26H33ClN2O7. The molecule has 0 aliphatic carbocycles. The van der Waals surface area contributed by atoms with Gasteiger partial charge in [-0.15, -0.1) is 0 Å². The van der Waals surface area contributed by atoms with E-state index in [-0.39, 0.29) is 19.5 Å². The van der Waals surface area contributed by atoms with E-state index in [4.69, 9.17) is 26.8 Å². The lowest BCUT2D eigenvalue weighted by molar-refractivity contribution is -0.228. The Morgan fingerprint density at radius 3 is 2.50 bits per heavy atom. The molecule has 0 radical (unpaired) electrons. The molecule has 2 aliphatic rings. The summed E-state index contributed by atoms with van der Waals surface area (Å²) in [6.07, 6.45) is -6.11. The fraction of sp³-hybridized carbons (Fsp3) is 0.500. The topological polar surface area (TPSA) is 146 Å². The average molecular weight is 521 g/mol. The molecule has 10 heteroatoms. The first kappa shape index (κ1) is 26.8. The van der Waals surface area contributed by atoms with Gasteiger partial charge in [0, 0.05) is 18.1 Å². The van der Waals surface area contributed by atoms with Crippen molar-refractivity contribution >= 4 is 17.5 Å². The number of hydrogen-bond acceptors (Lipinski definition) is 8. The number of halogens is 1. The summed E-state index contributed by atoms with van der Waals surface area (Å²) in [7, 11) is 0. The third-order valence-electron chi connectivity index (χ3n) is 6.86. The number of hydrogen-bond donors (Lipinski definition) is 5. The van der Waals surface area contributed by atoms with Crippen LogP contribution in [-0.2, 0) is 16.0 Å². The van der Waals surface area contributed by atoms with Gasteiger partial charge in [-0.05, 0) is 54.7 Å². The number of likely N-dealkylation sites (tertiary alicyclic amines) is 1. The van der Waals surface area contributed by atoms with Gasteiger partial charge in [-0.1, -0.05) is 35.9 Å². The Morgan fingerprint density at radius 2 is 1.83 bits per heavy atom. The molecule has 9 nitrogen and oxygen atoms in total. The Morgan fingerprint density at radius 1 is 1.11 bits per heavy atom. The van der Waals surface area contributed by atoms with Crippen molar-refractivity contribution < 1.29 is 34.7 Å². The van der Waals surface area contributed by atoms with Gasteiger partial charge in [0.1, 0.15) is 30.2 Å². The molecule has 196 valence electrons. The van der Waals surface area contributed by atoms with Crippen LogP contribution in [0.2, 0.25) is 5.02 Å². The molecule has 0 saturated carbocycles. The molecule has 2 heterocycles. The van der Waals surface area contributed by atoms with Gasteiger partial charge in [0.2, 0.25) is 5.91 Å². The smallest absolute Gasteiger partial charge is 0.234 e. The van der Waals surface area contributed by atoms with Crippen LogP contribution in [0.4, 0.5) is 0 Å². The lowest BCUT2D eigenvalue weighted by Gasteiger charge is -2.42. The van der Waals surface area contributed by atoms with Crippen molar-refractivity contribution in [1.82, 2.24) is 4.90 Å². The van der Waals surface area contributed by atoms with Crippen molar-refractivity contribution in [3.8, 4) is 5.75 Å². The Labute approximate surface area is 215 Å². The number of carbonyl (C=O) groups is 1. The van der Waals surface area contributed by atoms with E-state index in [1.165, 1.54) is 0 Å². The maximum Gasteiger partial charge on any atom is 0.234 e. The summed E-state index contributed by atoms with van der Waals surface area (Å²) < 4.78 is 11.6. The summed E-state index contributed by atoms with van der Waals surface area (Å²) in [6, 6.07) is 12.2. The minimum absolute atomic E-state index is 0.0543. The number of β-amino-alcohol motifs (C(OH)–C–C–N with tert-alkyl or cyclic N) is 1. The third-order valence-corrected chi connectivity index (χ3v) is 7.23. The van der Waals surface area contributed by atoms with Crippen LogP contribution in [0, 0.1) is 0 Å². The fourth-order valence-electron chi connectivity index (χ4n) is 4.98. The van der Waals surface area contributed by atoms with Crippen LogP contribution in [0.1, 0.15) is 36.1 Å². The first-order valence-electron chi connectivity index (χ1n) is 12.1. The number of rotatable bonds is 8. The van der Waals surface area contributed by atoms with E-state index in [9.17, 15) is 25.2 Å². The number of ether oxygens (including phenoxy) is 2. The average Bonchev–Trinajstić information content (AvgIpc) is 3.22. The Bertz CT molecular complexity index is 1050. The number of aliphatic hydroxyl groups excluding tert-OH is 4. The minimum Gasteiger partial charge on any atom is -0.494 e. The van der Waals surface area contributed by atoms with Gasteiger partial charge in [-0.2, -0.15) is 0 Å². The summed E-state index contributed by atoms with van der Waals surface area (Å²) in [6.45, 7) is 2.75. The van der Waals surface area contributed by atoms with E-state index < -0.39 is 48.6 Å². The van der Waals surface area contributed by atoms with Crippen LogP contribution in [0.3, 0.4) is 0 Å². The second kappa shape index (κ2) is 11.4. The van der Waals surface area contributed by atoms with Gasteiger partial charge in [-0.25, -0.2) is 0 Å². The predicted molar refractivity (Wildman–Crippen MR) is 133 cm³/mol. The van der Waals surface area contributed by atoms with Crippen molar-refractivity contribution in [2.45, 2.75) is 62.4 Å². The van der Waals surface area contributed by atoms with Crippen molar-refractivity contribution in [2.75, 3.05) is 19.7 Å². The molecule has 2 aromatic rings. The van der Waals surface area contributed by atoms with E-state index in [0.717, 1.165) is 16.9 Å². The van der Waals surface area contributed by atoms with Crippen LogP contribution < -0.4 is 10.5 Å². The van der Waals surface area contributed by atoms with Crippen LogP contribution >= 0.6 is 11.6 Å². The van der Waals surface area contributed by atoms with Crippen molar-refractivity contribution in [3.05, 3.63) is 64.2 Å². The molecule has 6 N–H and O–H groups in total. The lowest BCUT2D eigenvalue weighted by Crippen LogP contribution is -2.58. The lowest BCUT2D eigenvalue weighted by atomic mass is 9.89. The van der Waals surface area contributed by atoms with E-state index in [1.54, 1.807) is 17.0 Å². The molecule has 0 spiro atoms. The van der Waals surface area contributed by atoms with Crippen LogP contribution in [0.15, 0.2) is 42.5 Å². The SMILES string of the molecule is CCOc1ccc(Cc2cc([C@@H]3O[C@H](CN4C[C@H](O)C[C@H]4C(N)=O)[C@@H](O)[C@H](O)[C@H]3O)ccc2Cl)cc1. The van der Waals surface area contributed by atoms with E-state index >= 15 is 0 Å². The maximum atomic E-state index is 11.8. The van der Waals surface area contributed by atoms with E-state index in [0.29, 0.717) is 23.6 Å². The molecule has 0 aromatic heterocycles. The number of nitrogens with two attached hydrogens (primary N) is 1. The predicted octanol–water partition coefficient (Wildman–Crippen LogP) is 0.773. The Kier molecular flexibility index (Phi) is 8.52. The van der Waals surface area contributed by atoms with Gasteiger partial charge < -0.3 is 35.6 Å². The molecule has 2 aliphatic heterocycles. The van der Waals surface area contributed by atoms with Gasteiger partial charge in [0.25, 0.3) is 0 Å². The zero-order valence-corrected chi connectivity index (χ0v) is 20.8. The highest BCUT2D eigenvalue weighted by Crippen LogP contribution is 2.35.